The molecule has 3 N–H and O–H groups in total. The van der Waals surface area contributed by atoms with E-state index in [1.54, 1.807) is 30.3 Å². The lowest BCUT2D eigenvalue weighted by Crippen LogP contribution is -2.29. The summed E-state index contributed by atoms with van der Waals surface area (Å²) in [6.45, 7) is 1.27. The molecule has 2 aromatic carbocycles. The Labute approximate surface area is 157 Å². The highest BCUT2D eigenvalue weighted by atomic mass is 16.5. The summed E-state index contributed by atoms with van der Waals surface area (Å²) < 4.78 is 4.77. The number of hydrogen-bond donors (Lipinski definition) is 3. The molecule has 0 atom stereocenters. The zero-order valence-electron chi connectivity index (χ0n) is 15.1. The lowest BCUT2D eigenvalue weighted by molar-refractivity contribution is -0.120. The van der Waals surface area contributed by atoms with Crippen molar-refractivity contribution in [2.75, 3.05) is 24.4 Å². The number of carbonyl (C=O) groups excluding carboxylic acids is 3. The van der Waals surface area contributed by atoms with Gasteiger partial charge in [-0.05, 0) is 29.8 Å². The lowest BCUT2D eigenvalue weighted by atomic mass is 10.2. The highest BCUT2D eigenvalue weighted by Gasteiger charge is 2.12. The fraction of sp³-hybridized carbons (Fsp3) is 0.150. The predicted octanol–water partition coefficient (Wildman–Crippen LogP) is 2.39. The maximum Gasteiger partial charge on any atom is 0.272 e. The molecule has 7 heteroatoms. The highest BCUT2D eigenvalue weighted by molar-refractivity contribution is 6.08. The predicted molar refractivity (Wildman–Crippen MR) is 104 cm³/mol. The molecule has 0 aromatic heterocycles. The van der Waals surface area contributed by atoms with Crippen LogP contribution in [0.25, 0.3) is 6.08 Å². The molecule has 3 amide bonds. The van der Waals surface area contributed by atoms with E-state index in [1.165, 1.54) is 14.0 Å². The van der Waals surface area contributed by atoms with Gasteiger partial charge in [0.05, 0.1) is 0 Å². The van der Waals surface area contributed by atoms with Crippen molar-refractivity contribution in [1.82, 2.24) is 5.32 Å². The van der Waals surface area contributed by atoms with Crippen LogP contribution < -0.4 is 16.0 Å². The monoisotopic (exact) mass is 367 g/mol. The summed E-state index contributed by atoms with van der Waals surface area (Å²) >= 11 is 0. The second-order valence-corrected chi connectivity index (χ2v) is 5.67. The van der Waals surface area contributed by atoms with Crippen LogP contribution in [-0.4, -0.2) is 31.4 Å². The molecule has 0 unspecified atom stereocenters. The van der Waals surface area contributed by atoms with Gasteiger partial charge in [-0.3, -0.25) is 14.4 Å². The zero-order valence-corrected chi connectivity index (χ0v) is 15.1. The minimum absolute atomic E-state index is 0.0664. The number of carbonyl (C=O) groups is 3. The largest absolute Gasteiger partial charge is 0.375 e. The highest BCUT2D eigenvalue weighted by Crippen LogP contribution is 2.16. The first-order valence-corrected chi connectivity index (χ1v) is 8.22. The van der Waals surface area contributed by atoms with E-state index in [0.29, 0.717) is 11.4 Å². The molecular formula is C20H21N3O4. The maximum atomic E-state index is 12.6. The van der Waals surface area contributed by atoms with Gasteiger partial charge in [-0.15, -0.1) is 0 Å². The van der Waals surface area contributed by atoms with E-state index in [1.807, 2.05) is 30.3 Å². The number of methoxy groups -OCH3 is 1. The lowest BCUT2D eigenvalue weighted by Gasteiger charge is -2.11. The molecule has 7 nitrogen and oxygen atoms in total. The SMILES string of the molecule is COCC(=O)Nc1cccc(NC(=O)/C(=C/c2ccccc2)NC(C)=O)c1. The minimum atomic E-state index is -0.477. The van der Waals surface area contributed by atoms with E-state index >= 15 is 0 Å². The van der Waals surface area contributed by atoms with E-state index in [-0.39, 0.29) is 24.1 Å². The van der Waals surface area contributed by atoms with Crippen molar-refractivity contribution in [2.24, 2.45) is 0 Å². The minimum Gasteiger partial charge on any atom is -0.375 e. The Morgan fingerprint density at radius 1 is 0.963 bits per heavy atom. The van der Waals surface area contributed by atoms with Crippen LogP contribution >= 0.6 is 0 Å². The van der Waals surface area contributed by atoms with Gasteiger partial charge >= 0.3 is 0 Å². The van der Waals surface area contributed by atoms with Crippen molar-refractivity contribution in [3.05, 3.63) is 65.9 Å². The van der Waals surface area contributed by atoms with Crippen molar-refractivity contribution >= 4 is 35.2 Å². The summed E-state index contributed by atoms with van der Waals surface area (Å²) in [6, 6.07) is 15.8. The number of anilines is 2. The Kier molecular flexibility index (Phi) is 7.27. The summed E-state index contributed by atoms with van der Waals surface area (Å²) in [5.41, 5.74) is 1.88. The topological polar surface area (TPSA) is 96.5 Å². The van der Waals surface area contributed by atoms with Crippen molar-refractivity contribution in [3.8, 4) is 0 Å². The van der Waals surface area contributed by atoms with E-state index in [4.69, 9.17) is 4.74 Å². The summed E-state index contributed by atoms with van der Waals surface area (Å²) in [4.78, 5) is 35.6. The molecule has 0 bridgehead atoms. The van der Waals surface area contributed by atoms with E-state index in [0.717, 1.165) is 5.56 Å². The van der Waals surface area contributed by atoms with Crippen molar-refractivity contribution in [3.63, 3.8) is 0 Å². The van der Waals surface area contributed by atoms with Gasteiger partial charge in [-0.2, -0.15) is 0 Å². The van der Waals surface area contributed by atoms with E-state index in [2.05, 4.69) is 16.0 Å². The third kappa shape index (κ3) is 6.75. The van der Waals surface area contributed by atoms with Gasteiger partial charge in [0.2, 0.25) is 11.8 Å². The summed E-state index contributed by atoms with van der Waals surface area (Å²) in [6.07, 6.45) is 1.58. The molecule has 2 aromatic rings. The number of ether oxygens (including phenoxy) is 1. The van der Waals surface area contributed by atoms with Gasteiger partial charge in [0.1, 0.15) is 12.3 Å². The Hall–Kier alpha value is -3.45. The van der Waals surface area contributed by atoms with Crippen LogP contribution in [0.15, 0.2) is 60.3 Å². The first-order valence-electron chi connectivity index (χ1n) is 8.22. The zero-order chi connectivity index (χ0) is 19.6. The van der Waals surface area contributed by atoms with Crippen LogP contribution in [0.5, 0.6) is 0 Å². The Balaban J connectivity index is 2.16. The molecular weight excluding hydrogens is 346 g/mol. The Bertz CT molecular complexity index is 847. The molecule has 0 saturated carbocycles. The van der Waals surface area contributed by atoms with E-state index in [9.17, 15) is 14.4 Å². The average molecular weight is 367 g/mol. The van der Waals surface area contributed by atoms with Crippen LogP contribution in [0.4, 0.5) is 11.4 Å². The first kappa shape index (κ1) is 19.9. The molecule has 27 heavy (non-hydrogen) atoms. The molecule has 0 aliphatic heterocycles. The summed E-state index contributed by atoms with van der Waals surface area (Å²) in [5.74, 6) is -1.13. The van der Waals surface area contributed by atoms with Gasteiger partial charge in [-0.25, -0.2) is 0 Å². The smallest absolute Gasteiger partial charge is 0.272 e. The third-order valence-corrected chi connectivity index (χ3v) is 3.35. The van der Waals surface area contributed by atoms with Crippen LogP contribution in [0.3, 0.4) is 0 Å². The van der Waals surface area contributed by atoms with Crippen LogP contribution in [-0.2, 0) is 19.1 Å². The number of benzene rings is 2. The van der Waals surface area contributed by atoms with Gasteiger partial charge in [0, 0.05) is 25.4 Å². The second-order valence-electron chi connectivity index (χ2n) is 5.67. The second kappa shape index (κ2) is 9.88. The molecule has 140 valence electrons. The molecule has 0 radical (unpaired) electrons. The molecule has 0 aliphatic carbocycles. The van der Waals surface area contributed by atoms with Crippen LogP contribution in [0.1, 0.15) is 12.5 Å². The van der Waals surface area contributed by atoms with Gasteiger partial charge in [0.15, 0.2) is 0 Å². The molecule has 0 spiro atoms. The summed E-state index contributed by atoms with van der Waals surface area (Å²) in [7, 11) is 1.43. The Morgan fingerprint density at radius 2 is 1.63 bits per heavy atom. The van der Waals surface area contributed by atoms with Crippen LogP contribution in [0.2, 0.25) is 0 Å². The maximum absolute atomic E-state index is 12.6. The molecule has 0 saturated heterocycles. The quantitative estimate of drug-likeness (QED) is 0.655. The molecule has 2 rings (SSSR count). The van der Waals surface area contributed by atoms with Crippen molar-refractivity contribution in [2.45, 2.75) is 6.92 Å². The normalized spacial score (nSPS) is 10.8. The fourth-order valence-corrected chi connectivity index (χ4v) is 2.27. The standard InChI is InChI=1S/C20H21N3O4/c1-14(24)21-18(11-15-7-4-3-5-8-15)20(26)23-17-10-6-9-16(12-17)22-19(25)13-27-2/h3-12H,13H2,1-2H3,(H,21,24)(H,22,25)(H,23,26)/b18-11-. The van der Waals surface area contributed by atoms with E-state index < -0.39 is 5.91 Å². The number of amides is 3. The number of nitrogens with one attached hydrogen (secondary N) is 3. The Morgan fingerprint density at radius 3 is 2.26 bits per heavy atom. The van der Waals surface area contributed by atoms with Crippen molar-refractivity contribution in [1.29, 1.82) is 0 Å². The number of hydrogen-bond acceptors (Lipinski definition) is 4. The molecule has 0 aliphatic rings. The fourth-order valence-electron chi connectivity index (χ4n) is 2.27. The first-order chi connectivity index (χ1) is 13.0. The number of rotatable bonds is 7. The van der Waals surface area contributed by atoms with Gasteiger partial charge in [0.25, 0.3) is 5.91 Å². The van der Waals surface area contributed by atoms with Crippen LogP contribution in [0, 0.1) is 0 Å². The average Bonchev–Trinajstić information content (AvgIpc) is 2.62. The van der Waals surface area contributed by atoms with Crippen molar-refractivity contribution < 1.29 is 19.1 Å². The molecule has 0 fully saturated rings. The van der Waals surface area contributed by atoms with Gasteiger partial charge < -0.3 is 20.7 Å². The third-order valence-electron chi connectivity index (χ3n) is 3.35. The summed E-state index contributed by atoms with van der Waals surface area (Å²) in [5, 5.41) is 7.90. The van der Waals surface area contributed by atoms with Gasteiger partial charge in [-0.1, -0.05) is 36.4 Å². The molecule has 0 heterocycles.